The highest BCUT2D eigenvalue weighted by Crippen LogP contribution is 2.23. The second-order valence-corrected chi connectivity index (χ2v) is 7.43. The fraction of sp³-hybridized carbons (Fsp3) is 0.200. The number of hydrogen-bond acceptors (Lipinski definition) is 6. The normalized spacial score (nSPS) is 12.8. The molecule has 1 aromatic heterocycles. The first-order chi connectivity index (χ1) is 15.6. The standard InChI is InChI=1S/C25H23N5O2/c1-2-6-23(31)30-15-18(16-30)13-28-25-22(14-27-17-29-25)24(26)19-9-11-21(12-10-19)32-20-7-4-3-5-8-20/h3-5,7-12,14,17-18,26H,13,15-16H2,1H3,(H,27,28,29). The summed E-state index contributed by atoms with van der Waals surface area (Å²) < 4.78 is 5.82. The summed E-state index contributed by atoms with van der Waals surface area (Å²) in [6, 6.07) is 16.9. The van der Waals surface area contributed by atoms with Crippen LogP contribution in [0.3, 0.4) is 0 Å². The van der Waals surface area contributed by atoms with Gasteiger partial charge in [0.1, 0.15) is 23.6 Å². The molecule has 160 valence electrons. The molecule has 1 saturated heterocycles. The van der Waals surface area contributed by atoms with Crippen LogP contribution in [0.5, 0.6) is 11.5 Å². The van der Waals surface area contributed by atoms with Crippen LogP contribution in [0.4, 0.5) is 5.82 Å². The molecule has 1 aliphatic heterocycles. The molecule has 0 aliphatic carbocycles. The molecule has 32 heavy (non-hydrogen) atoms. The number of para-hydroxylation sites is 1. The Kier molecular flexibility index (Phi) is 6.42. The summed E-state index contributed by atoms with van der Waals surface area (Å²) in [4.78, 5) is 21.9. The average Bonchev–Trinajstić information content (AvgIpc) is 2.79. The van der Waals surface area contributed by atoms with Gasteiger partial charge in [0, 0.05) is 37.3 Å². The lowest BCUT2D eigenvalue weighted by molar-refractivity contribution is -0.130. The maximum atomic E-state index is 11.7. The van der Waals surface area contributed by atoms with Crippen LogP contribution in [0.1, 0.15) is 18.1 Å². The second-order valence-electron chi connectivity index (χ2n) is 7.43. The first-order valence-corrected chi connectivity index (χ1v) is 10.3. The number of rotatable bonds is 7. The number of ether oxygens (including phenoxy) is 1. The van der Waals surface area contributed by atoms with E-state index in [0.717, 1.165) is 11.3 Å². The highest BCUT2D eigenvalue weighted by molar-refractivity contribution is 6.13. The lowest BCUT2D eigenvalue weighted by atomic mass is 9.99. The van der Waals surface area contributed by atoms with Crippen LogP contribution in [0.25, 0.3) is 0 Å². The fourth-order valence-electron chi connectivity index (χ4n) is 3.42. The van der Waals surface area contributed by atoms with E-state index in [1.165, 1.54) is 6.33 Å². The number of aromatic nitrogens is 2. The van der Waals surface area contributed by atoms with Gasteiger partial charge in [0.05, 0.1) is 11.3 Å². The van der Waals surface area contributed by atoms with Gasteiger partial charge < -0.3 is 15.0 Å². The van der Waals surface area contributed by atoms with Crippen molar-refractivity contribution >= 4 is 17.4 Å². The summed E-state index contributed by atoms with van der Waals surface area (Å²) in [6.07, 6.45) is 3.10. The third-order valence-electron chi connectivity index (χ3n) is 5.14. The first-order valence-electron chi connectivity index (χ1n) is 10.3. The van der Waals surface area contributed by atoms with E-state index in [4.69, 9.17) is 10.1 Å². The Labute approximate surface area is 187 Å². The van der Waals surface area contributed by atoms with Crippen LogP contribution in [0, 0.1) is 23.2 Å². The molecule has 7 heteroatoms. The van der Waals surface area contributed by atoms with Crippen molar-refractivity contribution in [3.8, 4) is 23.3 Å². The Morgan fingerprint density at radius 1 is 1.16 bits per heavy atom. The number of amides is 1. The highest BCUT2D eigenvalue weighted by atomic mass is 16.5. The number of benzene rings is 2. The maximum Gasteiger partial charge on any atom is 0.298 e. The van der Waals surface area contributed by atoms with Gasteiger partial charge in [0.2, 0.25) is 0 Å². The van der Waals surface area contributed by atoms with Crippen molar-refractivity contribution in [3.05, 3.63) is 78.2 Å². The number of likely N-dealkylation sites (tertiary alicyclic amines) is 1. The fourth-order valence-corrected chi connectivity index (χ4v) is 3.42. The molecular formula is C25H23N5O2. The van der Waals surface area contributed by atoms with Gasteiger partial charge in [-0.05, 0) is 49.2 Å². The van der Waals surface area contributed by atoms with Crippen molar-refractivity contribution in [2.24, 2.45) is 5.92 Å². The maximum absolute atomic E-state index is 11.7. The molecule has 0 bridgehead atoms. The zero-order chi connectivity index (χ0) is 22.3. The SMILES string of the molecule is CC#CC(=O)N1CC(CNc2ncncc2C(=N)c2ccc(Oc3ccccc3)cc2)C1. The van der Waals surface area contributed by atoms with Crippen molar-refractivity contribution in [2.75, 3.05) is 25.0 Å². The minimum absolute atomic E-state index is 0.132. The smallest absolute Gasteiger partial charge is 0.298 e. The van der Waals surface area contributed by atoms with Crippen LogP contribution < -0.4 is 10.1 Å². The largest absolute Gasteiger partial charge is 0.457 e. The predicted molar refractivity (Wildman–Crippen MR) is 123 cm³/mol. The summed E-state index contributed by atoms with van der Waals surface area (Å²) in [5.74, 6) is 7.45. The Balaban J connectivity index is 1.38. The second kappa shape index (κ2) is 9.75. The Bertz CT molecular complexity index is 1160. The molecule has 0 spiro atoms. The van der Waals surface area contributed by atoms with Crippen LogP contribution in [0.2, 0.25) is 0 Å². The minimum atomic E-state index is -0.132. The van der Waals surface area contributed by atoms with E-state index in [1.54, 1.807) is 18.0 Å². The summed E-state index contributed by atoms with van der Waals surface area (Å²) in [5, 5.41) is 12.0. The zero-order valence-electron chi connectivity index (χ0n) is 17.7. The van der Waals surface area contributed by atoms with Crippen molar-refractivity contribution in [2.45, 2.75) is 6.92 Å². The van der Waals surface area contributed by atoms with Crippen molar-refractivity contribution in [1.29, 1.82) is 5.41 Å². The molecule has 7 nitrogen and oxygen atoms in total. The van der Waals surface area contributed by atoms with Gasteiger partial charge in [-0.3, -0.25) is 10.2 Å². The number of nitrogens with one attached hydrogen (secondary N) is 2. The van der Waals surface area contributed by atoms with Crippen LogP contribution in [-0.4, -0.2) is 46.1 Å². The molecule has 0 saturated carbocycles. The lowest BCUT2D eigenvalue weighted by Crippen LogP contribution is -2.52. The number of nitrogens with zero attached hydrogens (tertiary/aromatic N) is 3. The molecule has 1 fully saturated rings. The first kappa shape index (κ1) is 21.1. The van der Waals surface area contributed by atoms with Crippen molar-refractivity contribution < 1.29 is 9.53 Å². The van der Waals surface area contributed by atoms with E-state index < -0.39 is 0 Å². The van der Waals surface area contributed by atoms with Crippen molar-refractivity contribution in [1.82, 2.24) is 14.9 Å². The molecule has 2 aromatic carbocycles. The predicted octanol–water partition coefficient (Wildman–Crippen LogP) is 3.58. The van der Waals surface area contributed by atoms with Crippen LogP contribution in [0.15, 0.2) is 67.1 Å². The van der Waals surface area contributed by atoms with E-state index in [1.807, 2.05) is 54.6 Å². The Hall–Kier alpha value is -4.18. The molecule has 0 unspecified atom stereocenters. The summed E-state index contributed by atoms with van der Waals surface area (Å²) in [5.41, 5.74) is 1.68. The number of carbonyl (C=O) groups excluding carboxylic acids is 1. The minimum Gasteiger partial charge on any atom is -0.457 e. The van der Waals surface area contributed by atoms with E-state index >= 15 is 0 Å². The quantitative estimate of drug-likeness (QED) is 0.446. The Morgan fingerprint density at radius 2 is 1.88 bits per heavy atom. The molecule has 0 atom stereocenters. The van der Waals surface area contributed by atoms with Crippen LogP contribution in [-0.2, 0) is 4.79 Å². The van der Waals surface area contributed by atoms with E-state index in [2.05, 4.69) is 27.1 Å². The van der Waals surface area contributed by atoms with E-state index in [9.17, 15) is 4.79 Å². The molecule has 1 aliphatic rings. The zero-order valence-corrected chi connectivity index (χ0v) is 17.7. The third kappa shape index (κ3) is 4.93. The van der Waals surface area contributed by atoms with Gasteiger partial charge in [-0.25, -0.2) is 9.97 Å². The summed E-state index contributed by atoms with van der Waals surface area (Å²) in [6.45, 7) is 3.65. The van der Waals surface area contributed by atoms with E-state index in [-0.39, 0.29) is 5.91 Å². The topological polar surface area (TPSA) is 91.2 Å². The van der Waals surface area contributed by atoms with Gasteiger partial charge in [-0.15, -0.1) is 0 Å². The molecule has 2 N–H and O–H groups in total. The number of anilines is 1. The molecule has 1 amide bonds. The van der Waals surface area contributed by atoms with Gasteiger partial charge in [0.25, 0.3) is 5.91 Å². The van der Waals surface area contributed by atoms with E-state index in [0.29, 0.717) is 48.4 Å². The molecule has 2 heterocycles. The number of hydrogen-bond donors (Lipinski definition) is 2. The highest BCUT2D eigenvalue weighted by Gasteiger charge is 2.29. The monoisotopic (exact) mass is 425 g/mol. The summed E-state index contributed by atoms with van der Waals surface area (Å²) >= 11 is 0. The van der Waals surface area contributed by atoms with Crippen molar-refractivity contribution in [3.63, 3.8) is 0 Å². The van der Waals surface area contributed by atoms with Gasteiger partial charge in [-0.2, -0.15) is 0 Å². The summed E-state index contributed by atoms with van der Waals surface area (Å²) in [7, 11) is 0. The molecule has 3 aromatic rings. The number of carbonyl (C=O) groups is 1. The average molecular weight is 425 g/mol. The lowest BCUT2D eigenvalue weighted by Gasteiger charge is -2.38. The third-order valence-corrected chi connectivity index (χ3v) is 5.14. The molecule has 0 radical (unpaired) electrons. The Morgan fingerprint density at radius 3 is 2.59 bits per heavy atom. The van der Waals surface area contributed by atoms with Gasteiger partial charge in [0.15, 0.2) is 0 Å². The van der Waals surface area contributed by atoms with Gasteiger partial charge >= 0.3 is 0 Å². The van der Waals surface area contributed by atoms with Gasteiger partial charge in [-0.1, -0.05) is 24.1 Å². The van der Waals surface area contributed by atoms with Crippen LogP contribution >= 0.6 is 0 Å². The molecular weight excluding hydrogens is 402 g/mol. The molecule has 4 rings (SSSR count).